The highest BCUT2D eigenvalue weighted by Gasteiger charge is 2.19. The highest BCUT2D eigenvalue weighted by atomic mass is 32.2. The van der Waals surface area contributed by atoms with Crippen LogP contribution in [0.5, 0.6) is 0 Å². The lowest BCUT2D eigenvalue weighted by Crippen LogP contribution is -2.22. The fourth-order valence-electron chi connectivity index (χ4n) is 4.38. The number of carbonyl (C=O) groups is 1. The van der Waals surface area contributed by atoms with E-state index in [0.717, 1.165) is 46.7 Å². The number of hydrogen-bond donors (Lipinski definition) is 0. The Bertz CT molecular complexity index is 1390. The van der Waals surface area contributed by atoms with Gasteiger partial charge in [-0.2, -0.15) is 0 Å². The molecule has 4 rings (SSSR count). The van der Waals surface area contributed by atoms with Crippen molar-refractivity contribution in [2.75, 3.05) is 5.75 Å². The highest BCUT2D eigenvalue weighted by Crippen LogP contribution is 2.25. The Morgan fingerprint density at radius 3 is 2.39 bits per heavy atom. The Balaban J connectivity index is 1.75. The van der Waals surface area contributed by atoms with Crippen molar-refractivity contribution in [1.82, 2.24) is 14.1 Å². The summed E-state index contributed by atoms with van der Waals surface area (Å²) in [6.45, 7) is 11.1. The second-order valence-electron chi connectivity index (χ2n) is 8.55. The smallest absolute Gasteiger partial charge is 0.266 e. The van der Waals surface area contributed by atoms with E-state index >= 15 is 0 Å². The number of rotatable bonds is 7. The van der Waals surface area contributed by atoms with Crippen molar-refractivity contribution < 1.29 is 4.79 Å². The van der Waals surface area contributed by atoms with Gasteiger partial charge in [0.2, 0.25) is 0 Å². The average Bonchev–Trinajstić information content (AvgIpc) is 3.05. The highest BCUT2D eigenvalue weighted by molar-refractivity contribution is 7.99. The fourth-order valence-corrected chi connectivity index (χ4v) is 5.27. The van der Waals surface area contributed by atoms with Crippen LogP contribution < -0.4 is 5.56 Å². The third-order valence-electron chi connectivity index (χ3n) is 5.86. The lowest BCUT2D eigenvalue weighted by molar-refractivity contribution is 0.102. The molecule has 0 atom stereocenters. The zero-order valence-corrected chi connectivity index (χ0v) is 20.6. The van der Waals surface area contributed by atoms with Gasteiger partial charge >= 0.3 is 0 Å². The van der Waals surface area contributed by atoms with Crippen molar-refractivity contribution in [2.45, 2.75) is 52.7 Å². The van der Waals surface area contributed by atoms with Crippen LogP contribution in [-0.4, -0.2) is 25.7 Å². The van der Waals surface area contributed by atoms with Gasteiger partial charge in [0.1, 0.15) is 0 Å². The summed E-state index contributed by atoms with van der Waals surface area (Å²) in [7, 11) is 0. The summed E-state index contributed by atoms with van der Waals surface area (Å²) >= 11 is 1.32. The molecule has 0 radical (unpaired) electrons. The zero-order valence-electron chi connectivity index (χ0n) is 19.8. The fraction of sp³-hybridized carbons (Fsp3) is 0.296. The summed E-state index contributed by atoms with van der Waals surface area (Å²) in [6.07, 6.45) is 1.02. The van der Waals surface area contributed by atoms with E-state index in [4.69, 9.17) is 4.98 Å². The molecule has 170 valence electrons. The summed E-state index contributed by atoms with van der Waals surface area (Å²) in [5, 5.41) is 1.09. The van der Waals surface area contributed by atoms with Crippen molar-refractivity contribution in [1.29, 1.82) is 0 Å². The summed E-state index contributed by atoms with van der Waals surface area (Å²) in [4.78, 5) is 31.4. The maximum atomic E-state index is 13.5. The Kier molecular flexibility index (Phi) is 6.56. The third-order valence-corrected chi connectivity index (χ3v) is 6.80. The average molecular weight is 460 g/mol. The molecule has 2 aromatic carbocycles. The second kappa shape index (κ2) is 9.40. The first-order chi connectivity index (χ1) is 15.8. The predicted octanol–water partition coefficient (Wildman–Crippen LogP) is 5.81. The van der Waals surface area contributed by atoms with Gasteiger partial charge in [-0.05, 0) is 75.6 Å². The Labute approximate surface area is 198 Å². The number of ketones is 1. The zero-order chi connectivity index (χ0) is 23.7. The molecule has 2 heterocycles. The minimum Gasteiger partial charge on any atom is -0.348 e. The molecule has 0 saturated carbocycles. The Hall–Kier alpha value is -3.12. The first-order valence-corrected chi connectivity index (χ1v) is 12.2. The van der Waals surface area contributed by atoms with Crippen molar-refractivity contribution in [2.24, 2.45) is 0 Å². The van der Waals surface area contributed by atoms with Crippen LogP contribution in [0.1, 0.15) is 46.2 Å². The van der Waals surface area contributed by atoms with Crippen LogP contribution in [0, 0.1) is 27.7 Å². The molecule has 0 spiro atoms. The van der Waals surface area contributed by atoms with E-state index in [1.54, 1.807) is 10.6 Å². The largest absolute Gasteiger partial charge is 0.348 e. The monoisotopic (exact) mass is 459 g/mol. The van der Waals surface area contributed by atoms with Gasteiger partial charge in [-0.15, -0.1) is 0 Å². The maximum Gasteiger partial charge on any atom is 0.266 e. The Morgan fingerprint density at radius 2 is 1.70 bits per heavy atom. The molecule has 0 unspecified atom stereocenters. The van der Waals surface area contributed by atoms with Crippen molar-refractivity contribution >= 4 is 28.4 Å². The first-order valence-electron chi connectivity index (χ1n) is 11.2. The van der Waals surface area contributed by atoms with Gasteiger partial charge in [0.15, 0.2) is 10.9 Å². The van der Waals surface area contributed by atoms with Crippen LogP contribution in [0.4, 0.5) is 0 Å². The topological polar surface area (TPSA) is 56.9 Å². The second-order valence-corrected chi connectivity index (χ2v) is 9.49. The number of hydrogen-bond acceptors (Lipinski definition) is 4. The van der Waals surface area contributed by atoms with Gasteiger partial charge in [-0.3, -0.25) is 14.2 Å². The number of aromatic nitrogens is 3. The predicted molar refractivity (Wildman–Crippen MR) is 136 cm³/mol. The lowest BCUT2D eigenvalue weighted by Gasteiger charge is -2.14. The van der Waals surface area contributed by atoms with Gasteiger partial charge < -0.3 is 4.57 Å². The van der Waals surface area contributed by atoms with Gasteiger partial charge in [0.05, 0.1) is 22.3 Å². The van der Waals surface area contributed by atoms with Crippen LogP contribution in [0.15, 0.2) is 58.5 Å². The van der Waals surface area contributed by atoms with Gasteiger partial charge in [-0.25, -0.2) is 4.98 Å². The SMILES string of the molecule is CCCn1c(C)cc(C(=O)CSc2nc3ccccc3c(=O)n2-c2cc(C)cc(C)c2)c1C. The third kappa shape index (κ3) is 4.53. The molecule has 0 N–H and O–H groups in total. The molecule has 4 aromatic rings. The maximum absolute atomic E-state index is 13.5. The molecule has 6 heteroatoms. The molecule has 0 aliphatic rings. The molecule has 0 bridgehead atoms. The summed E-state index contributed by atoms with van der Waals surface area (Å²) in [5.41, 5.74) is 6.26. The quantitative estimate of drug-likeness (QED) is 0.199. The number of benzene rings is 2. The molecular weight excluding hydrogens is 430 g/mol. The first kappa shape index (κ1) is 23.1. The number of Topliss-reactive ketones (excluding diaryl/α,β-unsaturated/α-hetero) is 1. The van der Waals surface area contributed by atoms with Crippen LogP contribution >= 0.6 is 11.8 Å². The normalized spacial score (nSPS) is 11.3. The van der Waals surface area contributed by atoms with Crippen LogP contribution in [0.25, 0.3) is 16.6 Å². The Morgan fingerprint density at radius 1 is 1.00 bits per heavy atom. The number of para-hydroxylation sites is 1. The van der Waals surface area contributed by atoms with E-state index in [1.165, 1.54) is 11.8 Å². The molecule has 2 aromatic heterocycles. The van der Waals surface area contributed by atoms with Crippen molar-refractivity contribution in [3.05, 3.63) is 87.0 Å². The number of fused-ring (bicyclic) bond motifs is 1. The molecule has 0 aliphatic carbocycles. The van der Waals surface area contributed by atoms with E-state index in [-0.39, 0.29) is 17.1 Å². The minimum atomic E-state index is -0.123. The van der Waals surface area contributed by atoms with E-state index in [0.29, 0.717) is 16.1 Å². The molecule has 0 aliphatic heterocycles. The molecule has 33 heavy (non-hydrogen) atoms. The van der Waals surface area contributed by atoms with Gasteiger partial charge in [0, 0.05) is 23.5 Å². The molecule has 0 amide bonds. The molecule has 0 saturated heterocycles. The number of carbonyl (C=O) groups excluding carboxylic acids is 1. The van der Waals surface area contributed by atoms with Crippen LogP contribution in [0.2, 0.25) is 0 Å². The number of thioether (sulfide) groups is 1. The van der Waals surface area contributed by atoms with Crippen LogP contribution in [-0.2, 0) is 6.54 Å². The standard InChI is InChI=1S/C27H29N3O2S/c1-6-11-29-19(4)15-23(20(29)5)25(31)16-33-27-28-24-10-8-7-9-22(24)26(32)30(27)21-13-17(2)12-18(3)14-21/h7-10,12-15H,6,11,16H2,1-5H3. The summed E-state index contributed by atoms with van der Waals surface area (Å²) in [5.74, 6) is 0.260. The number of aryl methyl sites for hydroxylation is 3. The van der Waals surface area contributed by atoms with Crippen molar-refractivity contribution in [3.63, 3.8) is 0 Å². The van der Waals surface area contributed by atoms with Crippen molar-refractivity contribution in [3.8, 4) is 5.69 Å². The molecular formula is C27H29N3O2S. The lowest BCUT2D eigenvalue weighted by atomic mass is 10.1. The van der Waals surface area contributed by atoms with E-state index in [9.17, 15) is 9.59 Å². The summed E-state index contributed by atoms with van der Waals surface area (Å²) in [6, 6.07) is 15.4. The van der Waals surface area contributed by atoms with E-state index < -0.39 is 0 Å². The molecule has 5 nitrogen and oxygen atoms in total. The van der Waals surface area contributed by atoms with Crippen LogP contribution in [0.3, 0.4) is 0 Å². The van der Waals surface area contributed by atoms with E-state index in [2.05, 4.69) is 17.6 Å². The minimum absolute atomic E-state index is 0.0461. The molecule has 0 fully saturated rings. The van der Waals surface area contributed by atoms with Gasteiger partial charge in [-0.1, -0.05) is 36.9 Å². The summed E-state index contributed by atoms with van der Waals surface area (Å²) < 4.78 is 3.83. The van der Waals surface area contributed by atoms with Gasteiger partial charge in [0.25, 0.3) is 5.56 Å². The number of nitrogens with zero attached hydrogens (tertiary/aromatic N) is 3. The van der Waals surface area contributed by atoms with E-state index in [1.807, 2.05) is 64.1 Å².